The summed E-state index contributed by atoms with van der Waals surface area (Å²) in [5.41, 5.74) is 1.02. The van der Waals surface area contributed by atoms with Gasteiger partial charge in [0, 0.05) is 18.1 Å². The Morgan fingerprint density at radius 3 is 2.33 bits per heavy atom. The number of carbonyl (C=O) groups excluding carboxylic acids is 1. The summed E-state index contributed by atoms with van der Waals surface area (Å²) in [6.45, 7) is 5.97. The van der Waals surface area contributed by atoms with Gasteiger partial charge in [-0.25, -0.2) is 0 Å². The molecule has 0 radical (unpaired) electrons. The van der Waals surface area contributed by atoms with Crippen molar-refractivity contribution in [1.29, 1.82) is 0 Å². The van der Waals surface area contributed by atoms with Gasteiger partial charge in [-0.3, -0.25) is 9.78 Å². The summed E-state index contributed by atoms with van der Waals surface area (Å²) < 4.78 is 5.72. The lowest BCUT2D eigenvalue weighted by Crippen LogP contribution is -2.22. The molecule has 0 saturated carbocycles. The minimum Gasteiger partial charge on any atom is -0.488 e. The summed E-state index contributed by atoms with van der Waals surface area (Å²) in [5.74, 6) is 0.597. The molecule has 0 aliphatic rings. The second-order valence-corrected chi connectivity index (χ2v) is 5.43. The molecule has 0 spiro atoms. The van der Waals surface area contributed by atoms with Gasteiger partial charge in [-0.15, -0.1) is 12.4 Å². The number of nitrogens with one attached hydrogen (secondary N) is 1. The van der Waals surface area contributed by atoms with Crippen LogP contribution in [0.25, 0.3) is 0 Å². The summed E-state index contributed by atoms with van der Waals surface area (Å²) >= 11 is 0. The molecule has 0 bridgehead atoms. The number of amides is 1. The standard InChI is InChI=1S/C16H18N2O2.ClH/c1-16(2,3)20-14-8-6-13(7-9-14)18-15(19)12-5-4-10-17-11-12;/h4-11H,1-3H3,(H,18,19);1H. The van der Waals surface area contributed by atoms with E-state index in [1.807, 2.05) is 45.0 Å². The minimum atomic E-state index is -0.236. The maximum atomic E-state index is 11.9. The maximum absolute atomic E-state index is 11.9. The quantitative estimate of drug-likeness (QED) is 0.934. The lowest BCUT2D eigenvalue weighted by molar-refractivity contribution is 0.102. The monoisotopic (exact) mass is 306 g/mol. The lowest BCUT2D eigenvalue weighted by atomic mass is 10.2. The van der Waals surface area contributed by atoms with Crippen molar-refractivity contribution >= 4 is 24.0 Å². The molecule has 0 atom stereocenters. The zero-order valence-electron chi connectivity index (χ0n) is 12.3. The molecule has 0 saturated heterocycles. The van der Waals surface area contributed by atoms with E-state index in [4.69, 9.17) is 4.74 Å². The fourth-order valence-electron chi connectivity index (χ4n) is 1.66. The topological polar surface area (TPSA) is 51.2 Å². The first-order valence-corrected chi connectivity index (χ1v) is 6.44. The van der Waals surface area contributed by atoms with Gasteiger partial charge in [-0.2, -0.15) is 0 Å². The van der Waals surface area contributed by atoms with Crippen molar-refractivity contribution in [2.45, 2.75) is 26.4 Å². The van der Waals surface area contributed by atoms with E-state index in [1.165, 1.54) is 6.20 Å². The van der Waals surface area contributed by atoms with Crippen LogP contribution in [0.15, 0.2) is 48.8 Å². The van der Waals surface area contributed by atoms with Crippen molar-refractivity contribution in [2.75, 3.05) is 5.32 Å². The van der Waals surface area contributed by atoms with E-state index in [2.05, 4.69) is 10.3 Å². The predicted molar refractivity (Wildman–Crippen MR) is 86.3 cm³/mol. The number of pyridine rings is 1. The van der Waals surface area contributed by atoms with Crippen LogP contribution in [0.3, 0.4) is 0 Å². The van der Waals surface area contributed by atoms with E-state index in [0.717, 1.165) is 11.4 Å². The Morgan fingerprint density at radius 1 is 1.14 bits per heavy atom. The highest BCUT2D eigenvalue weighted by atomic mass is 35.5. The molecule has 1 aromatic heterocycles. The van der Waals surface area contributed by atoms with E-state index in [0.29, 0.717) is 5.56 Å². The van der Waals surface area contributed by atoms with Gasteiger partial charge in [-0.1, -0.05) is 0 Å². The average Bonchev–Trinajstić information content (AvgIpc) is 2.40. The summed E-state index contributed by atoms with van der Waals surface area (Å²) in [6, 6.07) is 10.8. The second kappa shape index (κ2) is 7.09. The summed E-state index contributed by atoms with van der Waals surface area (Å²) in [4.78, 5) is 15.9. The van der Waals surface area contributed by atoms with Gasteiger partial charge in [0.2, 0.25) is 0 Å². The fraction of sp³-hybridized carbons (Fsp3) is 0.250. The Balaban J connectivity index is 0.00000220. The first-order valence-electron chi connectivity index (χ1n) is 6.44. The van der Waals surface area contributed by atoms with Crippen LogP contribution in [-0.4, -0.2) is 16.5 Å². The molecule has 0 fully saturated rings. The minimum absolute atomic E-state index is 0. The van der Waals surface area contributed by atoms with Crippen LogP contribution in [0, 0.1) is 0 Å². The normalized spacial score (nSPS) is 10.4. The first-order chi connectivity index (χ1) is 9.44. The van der Waals surface area contributed by atoms with Crippen LogP contribution in [0.1, 0.15) is 31.1 Å². The van der Waals surface area contributed by atoms with Crippen LogP contribution in [0.4, 0.5) is 5.69 Å². The number of halogens is 1. The zero-order valence-corrected chi connectivity index (χ0v) is 13.1. The number of hydrogen-bond donors (Lipinski definition) is 1. The SMILES string of the molecule is CC(C)(C)Oc1ccc(NC(=O)c2cccnc2)cc1.Cl. The third-order valence-corrected chi connectivity index (χ3v) is 2.46. The predicted octanol–water partition coefficient (Wildman–Crippen LogP) is 3.93. The zero-order chi connectivity index (χ0) is 14.6. The second-order valence-electron chi connectivity index (χ2n) is 5.43. The van der Waals surface area contributed by atoms with E-state index >= 15 is 0 Å². The van der Waals surface area contributed by atoms with Gasteiger partial charge in [0.05, 0.1) is 5.56 Å². The Kier molecular flexibility index (Phi) is 5.73. The van der Waals surface area contributed by atoms with Gasteiger partial charge in [-0.05, 0) is 57.2 Å². The molecule has 1 N–H and O–H groups in total. The van der Waals surface area contributed by atoms with E-state index in [-0.39, 0.29) is 23.9 Å². The van der Waals surface area contributed by atoms with Crippen LogP contribution in [0.5, 0.6) is 5.75 Å². The number of anilines is 1. The number of ether oxygens (including phenoxy) is 1. The number of hydrogen-bond acceptors (Lipinski definition) is 3. The number of benzene rings is 1. The molecule has 5 heteroatoms. The molecule has 112 valence electrons. The highest BCUT2D eigenvalue weighted by molar-refractivity contribution is 6.04. The van der Waals surface area contributed by atoms with Crippen LogP contribution < -0.4 is 10.1 Å². The molecule has 0 aliphatic carbocycles. The van der Waals surface area contributed by atoms with Crippen LogP contribution in [-0.2, 0) is 0 Å². The van der Waals surface area contributed by atoms with E-state index < -0.39 is 0 Å². The first kappa shape index (κ1) is 17.0. The summed E-state index contributed by atoms with van der Waals surface area (Å²) in [6.07, 6.45) is 3.17. The Hall–Kier alpha value is -2.07. The van der Waals surface area contributed by atoms with Crippen molar-refractivity contribution < 1.29 is 9.53 Å². The van der Waals surface area contributed by atoms with Gasteiger partial charge in [0.25, 0.3) is 5.91 Å². The molecule has 21 heavy (non-hydrogen) atoms. The van der Waals surface area contributed by atoms with Gasteiger partial charge >= 0.3 is 0 Å². The third-order valence-electron chi connectivity index (χ3n) is 2.46. The van der Waals surface area contributed by atoms with Gasteiger partial charge in [0.1, 0.15) is 11.4 Å². The third kappa shape index (κ3) is 5.44. The summed E-state index contributed by atoms with van der Waals surface area (Å²) in [7, 11) is 0. The Bertz CT molecular complexity index is 577. The van der Waals surface area contributed by atoms with Crippen molar-refractivity contribution in [3.05, 3.63) is 54.4 Å². The van der Waals surface area contributed by atoms with Gasteiger partial charge < -0.3 is 10.1 Å². The van der Waals surface area contributed by atoms with E-state index in [9.17, 15) is 4.79 Å². The van der Waals surface area contributed by atoms with E-state index in [1.54, 1.807) is 18.3 Å². The van der Waals surface area contributed by atoms with Crippen LogP contribution in [0.2, 0.25) is 0 Å². The number of carbonyl (C=O) groups is 1. The molecule has 2 rings (SSSR count). The Labute approximate surface area is 131 Å². The van der Waals surface area contributed by atoms with Crippen molar-refractivity contribution in [3.63, 3.8) is 0 Å². The smallest absolute Gasteiger partial charge is 0.257 e. The molecule has 0 aliphatic heterocycles. The molecule has 1 amide bonds. The largest absolute Gasteiger partial charge is 0.488 e. The number of rotatable bonds is 3. The fourth-order valence-corrected chi connectivity index (χ4v) is 1.66. The van der Waals surface area contributed by atoms with Crippen LogP contribution >= 0.6 is 12.4 Å². The highest BCUT2D eigenvalue weighted by Gasteiger charge is 2.11. The van der Waals surface area contributed by atoms with Gasteiger partial charge in [0.15, 0.2) is 0 Å². The maximum Gasteiger partial charge on any atom is 0.257 e. The van der Waals surface area contributed by atoms with Crippen molar-refractivity contribution in [3.8, 4) is 5.75 Å². The molecule has 1 aromatic carbocycles. The average molecular weight is 307 g/mol. The molecule has 4 nitrogen and oxygen atoms in total. The summed E-state index contributed by atoms with van der Waals surface area (Å²) in [5, 5.41) is 2.81. The number of aromatic nitrogens is 1. The molecule has 1 heterocycles. The molecular weight excluding hydrogens is 288 g/mol. The Morgan fingerprint density at radius 2 is 1.81 bits per heavy atom. The lowest BCUT2D eigenvalue weighted by Gasteiger charge is -2.21. The molecule has 2 aromatic rings. The molecule has 0 unspecified atom stereocenters. The van der Waals surface area contributed by atoms with Crippen molar-refractivity contribution in [1.82, 2.24) is 4.98 Å². The number of nitrogens with zero attached hydrogens (tertiary/aromatic N) is 1. The highest BCUT2D eigenvalue weighted by Crippen LogP contribution is 2.20. The molecular formula is C16H19ClN2O2. The van der Waals surface area contributed by atoms with Crippen molar-refractivity contribution in [2.24, 2.45) is 0 Å².